The lowest BCUT2D eigenvalue weighted by molar-refractivity contribution is 0.0887. The van der Waals surface area contributed by atoms with Gasteiger partial charge in [0.05, 0.1) is 7.11 Å². The van der Waals surface area contributed by atoms with E-state index in [1.165, 1.54) is 0 Å². The summed E-state index contributed by atoms with van der Waals surface area (Å²) in [6.45, 7) is 2.61. The van der Waals surface area contributed by atoms with Gasteiger partial charge in [-0.05, 0) is 6.92 Å². The van der Waals surface area contributed by atoms with Crippen molar-refractivity contribution in [2.45, 2.75) is 13.0 Å². The molecule has 0 aliphatic carbocycles. The van der Waals surface area contributed by atoms with Crippen molar-refractivity contribution in [3.8, 4) is 0 Å². The minimum Gasteiger partial charge on any atom is -0.327 e. The zero-order valence-corrected chi connectivity index (χ0v) is 4.77. The van der Waals surface area contributed by atoms with Crippen molar-refractivity contribution in [3.63, 3.8) is 0 Å². The highest BCUT2D eigenvalue weighted by molar-refractivity contribution is 4.50. The first-order valence-electron chi connectivity index (χ1n) is 2.28. The molecule has 0 heterocycles. The maximum absolute atomic E-state index is 5.34. The lowest BCUT2D eigenvalue weighted by Crippen LogP contribution is -2.30. The van der Waals surface area contributed by atoms with Gasteiger partial charge in [0.15, 0.2) is 0 Å². The minimum atomic E-state index is 0.167. The predicted octanol–water partition coefficient (Wildman–Crippen LogP) is -0.515. The first-order chi connectivity index (χ1) is 3.27. The van der Waals surface area contributed by atoms with Crippen LogP contribution in [-0.2, 0) is 4.84 Å². The van der Waals surface area contributed by atoms with Gasteiger partial charge in [-0.2, -0.15) is 0 Å². The lowest BCUT2D eigenvalue weighted by atomic mass is 10.4. The maximum atomic E-state index is 5.34. The number of hydrogen-bond acceptors (Lipinski definition) is 3. The molecule has 0 aromatic carbocycles. The number of hydrogen-bond donors (Lipinski definition) is 2. The first kappa shape index (κ1) is 6.88. The van der Waals surface area contributed by atoms with E-state index in [1.54, 1.807) is 7.11 Å². The standard InChI is InChI=1S/C4H12N2O/c1-4(5)3-6-7-2/h4,6H,3,5H2,1-2H3. The third kappa shape index (κ3) is 5.88. The van der Waals surface area contributed by atoms with Gasteiger partial charge in [-0.15, -0.1) is 0 Å². The third-order valence-electron chi connectivity index (χ3n) is 0.550. The van der Waals surface area contributed by atoms with Crippen LogP contribution in [0.1, 0.15) is 6.92 Å². The summed E-state index contributed by atoms with van der Waals surface area (Å²) in [6, 6.07) is 0.167. The van der Waals surface area contributed by atoms with Crippen LogP contribution in [0, 0.1) is 0 Å². The van der Waals surface area contributed by atoms with E-state index in [-0.39, 0.29) is 6.04 Å². The fourth-order valence-corrected chi connectivity index (χ4v) is 0.215. The quantitative estimate of drug-likeness (QED) is 0.474. The Bertz CT molecular complexity index is 38.7. The van der Waals surface area contributed by atoms with Gasteiger partial charge in [0.25, 0.3) is 0 Å². The number of nitrogens with two attached hydrogens (primary N) is 1. The van der Waals surface area contributed by atoms with Gasteiger partial charge >= 0.3 is 0 Å². The van der Waals surface area contributed by atoms with E-state index >= 15 is 0 Å². The Morgan fingerprint density at radius 1 is 1.86 bits per heavy atom. The molecule has 0 rings (SSSR count). The molecule has 0 fully saturated rings. The number of hydroxylamine groups is 1. The Kier molecular flexibility index (Phi) is 3.98. The molecular weight excluding hydrogens is 92.1 g/mol. The summed E-state index contributed by atoms with van der Waals surface area (Å²) in [5.41, 5.74) is 7.96. The van der Waals surface area contributed by atoms with E-state index in [2.05, 4.69) is 10.3 Å². The number of nitrogens with one attached hydrogen (secondary N) is 1. The second-order valence-electron chi connectivity index (χ2n) is 1.53. The highest BCUT2D eigenvalue weighted by Crippen LogP contribution is 1.66. The van der Waals surface area contributed by atoms with Crippen LogP contribution in [0.3, 0.4) is 0 Å². The number of rotatable bonds is 3. The minimum absolute atomic E-state index is 0.167. The van der Waals surface area contributed by atoms with Crippen LogP contribution < -0.4 is 11.2 Å². The Morgan fingerprint density at radius 2 is 2.43 bits per heavy atom. The molecule has 1 atom stereocenters. The molecule has 0 saturated heterocycles. The highest BCUT2D eigenvalue weighted by atomic mass is 16.6. The predicted molar refractivity (Wildman–Crippen MR) is 28.7 cm³/mol. The molecule has 3 heteroatoms. The van der Waals surface area contributed by atoms with Crippen molar-refractivity contribution in [3.05, 3.63) is 0 Å². The van der Waals surface area contributed by atoms with Gasteiger partial charge in [-0.3, -0.25) is 0 Å². The Labute approximate surface area is 43.8 Å². The molecular formula is C4H12N2O. The highest BCUT2D eigenvalue weighted by Gasteiger charge is 1.87. The van der Waals surface area contributed by atoms with E-state index in [4.69, 9.17) is 5.73 Å². The van der Waals surface area contributed by atoms with Gasteiger partial charge in [-0.1, -0.05) is 0 Å². The topological polar surface area (TPSA) is 47.3 Å². The molecule has 0 spiro atoms. The van der Waals surface area contributed by atoms with Gasteiger partial charge < -0.3 is 10.6 Å². The SMILES string of the molecule is CONCC(C)N. The van der Waals surface area contributed by atoms with Crippen molar-refractivity contribution in [1.82, 2.24) is 5.48 Å². The van der Waals surface area contributed by atoms with Gasteiger partial charge in [-0.25, -0.2) is 5.48 Å². The smallest absolute Gasteiger partial charge is 0.0572 e. The summed E-state index contributed by atoms with van der Waals surface area (Å²) in [5.74, 6) is 0. The van der Waals surface area contributed by atoms with Crippen molar-refractivity contribution < 1.29 is 4.84 Å². The first-order valence-corrected chi connectivity index (χ1v) is 2.28. The molecule has 0 aliphatic rings. The molecule has 0 aromatic heterocycles. The normalized spacial score (nSPS) is 14.1. The second-order valence-corrected chi connectivity index (χ2v) is 1.53. The molecule has 0 saturated carbocycles. The van der Waals surface area contributed by atoms with E-state index in [1.807, 2.05) is 6.92 Å². The van der Waals surface area contributed by atoms with Crippen molar-refractivity contribution in [2.24, 2.45) is 5.73 Å². The van der Waals surface area contributed by atoms with Crippen molar-refractivity contribution in [1.29, 1.82) is 0 Å². The average Bonchev–Trinajstić information content (AvgIpc) is 1.61. The molecule has 0 bridgehead atoms. The van der Waals surface area contributed by atoms with Crippen LogP contribution in [0.4, 0.5) is 0 Å². The summed E-state index contributed by atoms with van der Waals surface area (Å²) in [4.78, 5) is 4.52. The molecule has 0 aliphatic heterocycles. The molecule has 0 amide bonds. The Hall–Kier alpha value is -0.120. The summed E-state index contributed by atoms with van der Waals surface area (Å²) >= 11 is 0. The summed E-state index contributed by atoms with van der Waals surface area (Å²) in [5, 5.41) is 0. The maximum Gasteiger partial charge on any atom is 0.0572 e. The molecule has 0 aromatic rings. The fraction of sp³-hybridized carbons (Fsp3) is 1.00. The molecule has 0 radical (unpaired) electrons. The second kappa shape index (κ2) is 4.05. The van der Waals surface area contributed by atoms with E-state index < -0.39 is 0 Å². The van der Waals surface area contributed by atoms with Crippen LogP contribution in [0.15, 0.2) is 0 Å². The zero-order valence-electron chi connectivity index (χ0n) is 4.77. The summed E-state index contributed by atoms with van der Waals surface area (Å²) < 4.78 is 0. The summed E-state index contributed by atoms with van der Waals surface area (Å²) in [6.07, 6.45) is 0. The van der Waals surface area contributed by atoms with Crippen molar-refractivity contribution in [2.75, 3.05) is 13.7 Å². The Balaban J connectivity index is 2.68. The van der Waals surface area contributed by atoms with Crippen LogP contribution in [0.5, 0.6) is 0 Å². The molecule has 3 N–H and O–H groups in total. The van der Waals surface area contributed by atoms with Crippen LogP contribution >= 0.6 is 0 Å². The van der Waals surface area contributed by atoms with Crippen LogP contribution in [0.2, 0.25) is 0 Å². The molecule has 3 nitrogen and oxygen atoms in total. The monoisotopic (exact) mass is 104 g/mol. The van der Waals surface area contributed by atoms with Gasteiger partial charge in [0.2, 0.25) is 0 Å². The van der Waals surface area contributed by atoms with Gasteiger partial charge in [0.1, 0.15) is 0 Å². The van der Waals surface area contributed by atoms with E-state index in [9.17, 15) is 0 Å². The largest absolute Gasteiger partial charge is 0.327 e. The average molecular weight is 104 g/mol. The van der Waals surface area contributed by atoms with Gasteiger partial charge in [0, 0.05) is 12.6 Å². The molecule has 7 heavy (non-hydrogen) atoms. The van der Waals surface area contributed by atoms with Crippen LogP contribution in [-0.4, -0.2) is 19.7 Å². The molecule has 44 valence electrons. The van der Waals surface area contributed by atoms with E-state index in [0.29, 0.717) is 6.54 Å². The third-order valence-corrected chi connectivity index (χ3v) is 0.550. The lowest BCUT2D eigenvalue weighted by Gasteiger charge is -2.02. The van der Waals surface area contributed by atoms with E-state index in [0.717, 1.165) is 0 Å². The Morgan fingerprint density at radius 3 is 2.57 bits per heavy atom. The van der Waals surface area contributed by atoms with Crippen LogP contribution in [0.25, 0.3) is 0 Å². The molecule has 1 unspecified atom stereocenters. The zero-order chi connectivity index (χ0) is 5.70. The van der Waals surface area contributed by atoms with Crippen molar-refractivity contribution >= 4 is 0 Å². The fourth-order valence-electron chi connectivity index (χ4n) is 0.215. The summed E-state index contributed by atoms with van der Waals surface area (Å²) in [7, 11) is 1.57.